The summed E-state index contributed by atoms with van der Waals surface area (Å²) in [7, 11) is 0. The number of allylic oxidation sites excluding steroid dienone is 1. The van der Waals surface area contributed by atoms with E-state index in [0.29, 0.717) is 76.3 Å². The zero-order valence-corrected chi connectivity index (χ0v) is 37.4. The van der Waals surface area contributed by atoms with E-state index in [1.807, 2.05) is 44.2 Å². The second-order valence-corrected chi connectivity index (χ2v) is 17.2. The Kier molecular flexibility index (Phi) is 18.1. The number of aromatic hydroxyl groups is 2. The number of aromatic nitrogens is 3. The van der Waals surface area contributed by atoms with Gasteiger partial charge in [0.15, 0.2) is 17.5 Å². The number of rotatable bonds is 25. The Labute approximate surface area is 356 Å². The summed E-state index contributed by atoms with van der Waals surface area (Å²) < 4.78 is 12.9. The molecule has 3 atom stereocenters. The van der Waals surface area contributed by atoms with Gasteiger partial charge in [0, 0.05) is 16.7 Å². The molecule has 0 saturated carbocycles. The third kappa shape index (κ3) is 12.6. The molecule has 2 N–H and O–H groups in total. The van der Waals surface area contributed by atoms with Gasteiger partial charge in [0.25, 0.3) is 0 Å². The van der Waals surface area contributed by atoms with Gasteiger partial charge in [0.2, 0.25) is 0 Å². The lowest BCUT2D eigenvalue weighted by Crippen LogP contribution is -2.13. The van der Waals surface area contributed by atoms with Crippen LogP contribution in [-0.2, 0) is 6.42 Å². The summed E-state index contributed by atoms with van der Waals surface area (Å²) in [6, 6.07) is 16.0. The zero-order chi connectivity index (χ0) is 42.1. The average Bonchev–Trinajstić information content (AvgIpc) is 3.24. The maximum absolute atomic E-state index is 11.8. The van der Waals surface area contributed by atoms with Crippen molar-refractivity contribution in [1.82, 2.24) is 15.0 Å². The predicted molar refractivity (Wildman–Crippen MR) is 244 cm³/mol. The number of nitrogens with zero attached hydrogens (tertiary/aromatic N) is 3. The van der Waals surface area contributed by atoms with E-state index < -0.39 is 0 Å². The lowest BCUT2D eigenvalue weighted by Gasteiger charge is -2.22. The third-order valence-electron chi connectivity index (χ3n) is 12.2. The molecule has 1 aromatic heterocycles. The SMILES string of the molecule is CCCCCCC(CCCC)COc1ccc(-c2nc(C3=CC(C)Cc4ccccc43)nc(-c3ccc(OCC(CCCC)CCCCCC)c(C)c3O)n2)c(O)c1C. The molecule has 0 amide bonds. The van der Waals surface area contributed by atoms with Crippen LogP contribution < -0.4 is 9.47 Å². The highest BCUT2D eigenvalue weighted by atomic mass is 16.5. The maximum Gasteiger partial charge on any atom is 0.167 e. The van der Waals surface area contributed by atoms with Crippen molar-refractivity contribution in [1.29, 1.82) is 0 Å². The molecule has 0 bridgehead atoms. The summed E-state index contributed by atoms with van der Waals surface area (Å²) in [4.78, 5) is 15.1. The van der Waals surface area contributed by atoms with E-state index in [1.54, 1.807) is 0 Å². The molecular weight excluding hydrogens is 731 g/mol. The van der Waals surface area contributed by atoms with E-state index >= 15 is 0 Å². The molecule has 3 aromatic carbocycles. The van der Waals surface area contributed by atoms with Crippen molar-refractivity contribution in [2.45, 2.75) is 158 Å². The molecule has 7 nitrogen and oxygen atoms in total. The lowest BCUT2D eigenvalue weighted by molar-refractivity contribution is 0.223. The van der Waals surface area contributed by atoms with Crippen LogP contribution in [0.25, 0.3) is 28.3 Å². The van der Waals surface area contributed by atoms with Crippen molar-refractivity contribution in [3.8, 4) is 45.8 Å². The van der Waals surface area contributed by atoms with Crippen LogP contribution in [-0.4, -0.2) is 38.4 Å². The first-order chi connectivity index (χ1) is 28.7. The molecule has 0 radical (unpaired) electrons. The van der Waals surface area contributed by atoms with Crippen LogP contribution >= 0.6 is 0 Å². The Morgan fingerprint density at radius 3 is 1.51 bits per heavy atom. The first kappa shape index (κ1) is 45.7. The van der Waals surface area contributed by atoms with Crippen molar-refractivity contribution >= 4 is 5.57 Å². The highest BCUT2D eigenvalue weighted by molar-refractivity contribution is 5.82. The Hall–Kier alpha value is -4.39. The molecule has 7 heteroatoms. The Morgan fingerprint density at radius 2 is 1.02 bits per heavy atom. The van der Waals surface area contributed by atoms with E-state index in [-0.39, 0.29) is 17.4 Å². The van der Waals surface area contributed by atoms with Gasteiger partial charge >= 0.3 is 0 Å². The van der Waals surface area contributed by atoms with E-state index in [0.717, 1.165) is 43.2 Å². The van der Waals surface area contributed by atoms with Gasteiger partial charge in [0.05, 0.1) is 24.3 Å². The zero-order valence-electron chi connectivity index (χ0n) is 37.4. The van der Waals surface area contributed by atoms with Gasteiger partial charge in [-0.2, -0.15) is 0 Å². The molecule has 1 aliphatic carbocycles. The minimum atomic E-state index is 0.0847. The van der Waals surface area contributed by atoms with Crippen molar-refractivity contribution in [3.05, 3.63) is 82.7 Å². The number of unbranched alkanes of at least 4 members (excludes halogenated alkanes) is 8. The molecule has 59 heavy (non-hydrogen) atoms. The summed E-state index contributed by atoms with van der Waals surface area (Å²) in [5.74, 6) is 3.96. The van der Waals surface area contributed by atoms with Gasteiger partial charge in [-0.25, -0.2) is 15.0 Å². The predicted octanol–water partition coefficient (Wildman–Crippen LogP) is 14.2. The quantitative estimate of drug-likeness (QED) is 0.0644. The van der Waals surface area contributed by atoms with Crippen molar-refractivity contribution < 1.29 is 19.7 Å². The normalized spacial score (nSPS) is 14.8. The molecule has 1 heterocycles. The summed E-state index contributed by atoms with van der Waals surface area (Å²) in [5.41, 5.74) is 5.55. The second kappa shape index (κ2) is 23.4. The summed E-state index contributed by atoms with van der Waals surface area (Å²) in [6.45, 7) is 16.2. The molecule has 5 rings (SSSR count). The van der Waals surface area contributed by atoms with Crippen LogP contribution in [0.4, 0.5) is 0 Å². The fourth-order valence-corrected chi connectivity index (χ4v) is 8.45. The van der Waals surface area contributed by atoms with Gasteiger partial charge in [-0.3, -0.25) is 0 Å². The highest BCUT2D eigenvalue weighted by Crippen LogP contribution is 2.41. The van der Waals surface area contributed by atoms with Crippen LogP contribution in [0.3, 0.4) is 0 Å². The fourth-order valence-electron chi connectivity index (χ4n) is 8.45. The first-order valence-electron chi connectivity index (χ1n) is 23.2. The fraction of sp³-hybridized carbons (Fsp3) is 0.558. The van der Waals surface area contributed by atoms with E-state index in [4.69, 9.17) is 24.4 Å². The largest absolute Gasteiger partial charge is 0.507 e. The Morgan fingerprint density at radius 1 is 0.559 bits per heavy atom. The topological polar surface area (TPSA) is 97.6 Å². The van der Waals surface area contributed by atoms with Gasteiger partial charge in [-0.05, 0) is 99.1 Å². The number of benzene rings is 3. The molecule has 0 fully saturated rings. The monoisotopic (exact) mass is 804 g/mol. The number of hydrogen-bond donors (Lipinski definition) is 2. The van der Waals surface area contributed by atoms with E-state index in [9.17, 15) is 10.2 Å². The second-order valence-electron chi connectivity index (χ2n) is 17.2. The molecule has 0 spiro atoms. The smallest absolute Gasteiger partial charge is 0.167 e. The van der Waals surface area contributed by atoms with Gasteiger partial charge in [0.1, 0.15) is 23.0 Å². The minimum absolute atomic E-state index is 0.0847. The number of phenolic OH excluding ortho intramolecular Hbond substituents is 2. The lowest BCUT2D eigenvalue weighted by atomic mass is 9.85. The average molecular weight is 804 g/mol. The van der Waals surface area contributed by atoms with Gasteiger partial charge < -0.3 is 19.7 Å². The Bertz CT molecular complexity index is 1850. The van der Waals surface area contributed by atoms with Crippen LogP contribution in [0.5, 0.6) is 23.0 Å². The maximum atomic E-state index is 11.8. The molecule has 3 unspecified atom stereocenters. The van der Waals surface area contributed by atoms with Crippen LogP contribution in [0.2, 0.25) is 0 Å². The molecule has 0 saturated heterocycles. The summed E-state index contributed by atoms with van der Waals surface area (Å²) in [5, 5.41) is 23.6. The van der Waals surface area contributed by atoms with E-state index in [1.165, 1.54) is 82.6 Å². The number of hydrogen-bond acceptors (Lipinski definition) is 7. The van der Waals surface area contributed by atoms with Crippen LogP contribution in [0.15, 0.2) is 54.6 Å². The van der Waals surface area contributed by atoms with Crippen molar-refractivity contribution in [2.75, 3.05) is 13.2 Å². The third-order valence-corrected chi connectivity index (χ3v) is 12.2. The highest BCUT2D eigenvalue weighted by Gasteiger charge is 2.25. The van der Waals surface area contributed by atoms with Crippen LogP contribution in [0.1, 0.15) is 165 Å². The van der Waals surface area contributed by atoms with E-state index in [2.05, 4.69) is 58.9 Å². The molecule has 320 valence electrons. The molecule has 1 aliphatic rings. The van der Waals surface area contributed by atoms with Crippen molar-refractivity contribution in [3.63, 3.8) is 0 Å². The van der Waals surface area contributed by atoms with Crippen molar-refractivity contribution in [2.24, 2.45) is 17.8 Å². The number of phenols is 2. The first-order valence-corrected chi connectivity index (χ1v) is 23.2. The van der Waals surface area contributed by atoms with Crippen LogP contribution in [0, 0.1) is 31.6 Å². The molecule has 4 aromatic rings. The summed E-state index contributed by atoms with van der Waals surface area (Å²) >= 11 is 0. The number of ether oxygens (including phenoxy) is 2. The Balaban J connectivity index is 1.49. The minimum Gasteiger partial charge on any atom is -0.507 e. The molecule has 0 aliphatic heterocycles. The van der Waals surface area contributed by atoms with Gasteiger partial charge in [-0.1, -0.05) is 142 Å². The standard InChI is InChI=1S/C52H73N3O4/c1-8-12-16-18-24-39(22-14-10-3)34-58-46-30-28-43(48(56)37(46)6)50-53-51(55-52(54-50)45-33-36(5)32-41-26-20-21-27-42(41)45)44-29-31-47(38(7)49(44)57)59-35-40(23-15-11-4)25-19-17-13-9-2/h20-21,26-31,33,36,39-40,56-57H,8-19,22-25,32,34-35H2,1-7H3. The molecular formula is C52H73N3O4. The number of fused-ring (bicyclic) bond motifs is 1. The summed E-state index contributed by atoms with van der Waals surface area (Å²) in [6.07, 6.45) is 22.5. The van der Waals surface area contributed by atoms with Gasteiger partial charge in [-0.15, -0.1) is 0 Å².